The minimum atomic E-state index is -0.349. The van der Waals surface area contributed by atoms with Crippen LogP contribution >= 0.6 is 11.6 Å². The largest absolute Gasteiger partial charge is 0.384 e. The summed E-state index contributed by atoms with van der Waals surface area (Å²) in [6.07, 6.45) is 0. The maximum absolute atomic E-state index is 12.8. The SMILES string of the molecule is Cc1cc(N)n(Cc2ccc(F)cc2Cl)n1. The predicted octanol–water partition coefficient (Wildman–Crippen LogP) is 2.61. The molecule has 0 spiro atoms. The van der Waals surface area contributed by atoms with Crippen molar-refractivity contribution in [1.29, 1.82) is 0 Å². The van der Waals surface area contributed by atoms with Crippen molar-refractivity contribution in [3.05, 3.63) is 46.4 Å². The summed E-state index contributed by atoms with van der Waals surface area (Å²) in [4.78, 5) is 0. The number of hydrogen-bond acceptors (Lipinski definition) is 2. The number of halogens is 2. The third kappa shape index (κ3) is 2.17. The van der Waals surface area contributed by atoms with Gasteiger partial charge >= 0.3 is 0 Å². The fourth-order valence-electron chi connectivity index (χ4n) is 1.50. The van der Waals surface area contributed by atoms with E-state index in [-0.39, 0.29) is 5.82 Å². The Labute approximate surface area is 97.6 Å². The summed E-state index contributed by atoms with van der Waals surface area (Å²) >= 11 is 5.92. The second-order valence-electron chi connectivity index (χ2n) is 3.60. The van der Waals surface area contributed by atoms with Gasteiger partial charge in [0.25, 0.3) is 0 Å². The highest BCUT2D eigenvalue weighted by atomic mass is 35.5. The van der Waals surface area contributed by atoms with E-state index in [1.807, 2.05) is 6.92 Å². The maximum atomic E-state index is 12.8. The minimum Gasteiger partial charge on any atom is -0.384 e. The monoisotopic (exact) mass is 239 g/mol. The molecule has 1 aromatic carbocycles. The van der Waals surface area contributed by atoms with Gasteiger partial charge in [0.15, 0.2) is 0 Å². The van der Waals surface area contributed by atoms with Crippen LogP contribution in [-0.2, 0) is 6.54 Å². The lowest BCUT2D eigenvalue weighted by Crippen LogP contribution is -2.06. The highest BCUT2D eigenvalue weighted by Crippen LogP contribution is 2.19. The quantitative estimate of drug-likeness (QED) is 0.876. The molecule has 0 aliphatic heterocycles. The molecule has 84 valence electrons. The number of hydrogen-bond donors (Lipinski definition) is 1. The molecule has 0 saturated carbocycles. The molecule has 2 N–H and O–H groups in total. The number of nitrogens with zero attached hydrogens (tertiary/aromatic N) is 2. The predicted molar refractivity (Wildman–Crippen MR) is 61.9 cm³/mol. The van der Waals surface area contributed by atoms with Crippen molar-refractivity contribution < 1.29 is 4.39 Å². The molecule has 0 radical (unpaired) electrons. The van der Waals surface area contributed by atoms with E-state index in [0.717, 1.165) is 11.3 Å². The summed E-state index contributed by atoms with van der Waals surface area (Å²) in [6, 6.07) is 6.06. The van der Waals surface area contributed by atoms with Crippen LogP contribution in [-0.4, -0.2) is 9.78 Å². The molecular weight excluding hydrogens is 229 g/mol. The van der Waals surface area contributed by atoms with Crippen LogP contribution in [0.4, 0.5) is 10.2 Å². The van der Waals surface area contributed by atoms with Gasteiger partial charge in [-0.05, 0) is 24.6 Å². The third-order valence-electron chi connectivity index (χ3n) is 2.27. The molecule has 2 aromatic rings. The van der Waals surface area contributed by atoms with Crippen LogP contribution in [0.25, 0.3) is 0 Å². The number of aryl methyl sites for hydroxylation is 1. The zero-order valence-corrected chi connectivity index (χ0v) is 9.50. The summed E-state index contributed by atoms with van der Waals surface area (Å²) in [5.41, 5.74) is 7.39. The first kappa shape index (κ1) is 11.0. The second kappa shape index (κ2) is 4.14. The molecule has 3 nitrogen and oxygen atoms in total. The molecule has 0 atom stereocenters. The summed E-state index contributed by atoms with van der Waals surface area (Å²) in [5, 5.41) is 4.59. The Bertz CT molecular complexity index is 522. The molecule has 0 amide bonds. The summed E-state index contributed by atoms with van der Waals surface area (Å²) < 4.78 is 14.5. The van der Waals surface area contributed by atoms with Gasteiger partial charge in [-0.1, -0.05) is 17.7 Å². The van der Waals surface area contributed by atoms with Gasteiger partial charge in [0.1, 0.15) is 11.6 Å². The van der Waals surface area contributed by atoms with E-state index in [0.29, 0.717) is 17.4 Å². The summed E-state index contributed by atoms with van der Waals surface area (Å²) in [5.74, 6) is 0.219. The standard InChI is InChI=1S/C11H11ClFN3/c1-7-4-11(14)16(15-7)6-8-2-3-9(13)5-10(8)12/h2-5H,6,14H2,1H3. The Balaban J connectivity index is 2.30. The molecule has 2 rings (SSSR count). The number of nitrogen functional groups attached to an aromatic ring is 1. The first-order valence-corrected chi connectivity index (χ1v) is 5.18. The van der Waals surface area contributed by atoms with Gasteiger partial charge in [0.05, 0.1) is 12.2 Å². The third-order valence-corrected chi connectivity index (χ3v) is 2.62. The van der Waals surface area contributed by atoms with Gasteiger partial charge in [0.2, 0.25) is 0 Å². The minimum absolute atomic E-state index is 0.349. The van der Waals surface area contributed by atoms with Gasteiger partial charge in [0, 0.05) is 11.1 Å². The molecule has 0 aliphatic carbocycles. The van der Waals surface area contributed by atoms with Gasteiger partial charge in [-0.2, -0.15) is 5.10 Å². The summed E-state index contributed by atoms with van der Waals surface area (Å²) in [6.45, 7) is 2.30. The van der Waals surface area contributed by atoms with Crippen molar-refractivity contribution in [1.82, 2.24) is 9.78 Å². The van der Waals surface area contributed by atoms with E-state index in [4.69, 9.17) is 17.3 Å². The fraction of sp³-hybridized carbons (Fsp3) is 0.182. The van der Waals surface area contributed by atoms with E-state index < -0.39 is 0 Å². The molecule has 16 heavy (non-hydrogen) atoms. The number of rotatable bonds is 2. The highest BCUT2D eigenvalue weighted by molar-refractivity contribution is 6.31. The zero-order valence-electron chi connectivity index (χ0n) is 8.74. The first-order valence-electron chi connectivity index (χ1n) is 4.80. The van der Waals surface area contributed by atoms with Crippen LogP contribution in [0, 0.1) is 12.7 Å². The molecular formula is C11H11ClFN3. The number of aromatic nitrogens is 2. The Hall–Kier alpha value is -1.55. The van der Waals surface area contributed by atoms with Crippen LogP contribution in [0.1, 0.15) is 11.3 Å². The van der Waals surface area contributed by atoms with Gasteiger partial charge < -0.3 is 5.73 Å². The lowest BCUT2D eigenvalue weighted by molar-refractivity contribution is 0.624. The second-order valence-corrected chi connectivity index (χ2v) is 4.01. The van der Waals surface area contributed by atoms with E-state index >= 15 is 0 Å². The molecule has 0 aliphatic rings. The van der Waals surface area contributed by atoms with E-state index in [1.54, 1.807) is 16.8 Å². The van der Waals surface area contributed by atoms with E-state index in [9.17, 15) is 4.39 Å². The van der Waals surface area contributed by atoms with E-state index in [2.05, 4.69) is 5.10 Å². The van der Waals surface area contributed by atoms with Gasteiger partial charge in [-0.3, -0.25) is 0 Å². The summed E-state index contributed by atoms with van der Waals surface area (Å²) in [7, 11) is 0. The molecule has 5 heteroatoms. The van der Waals surface area contributed by atoms with Crippen molar-refractivity contribution in [2.24, 2.45) is 0 Å². The molecule has 1 heterocycles. The fourth-order valence-corrected chi connectivity index (χ4v) is 1.73. The van der Waals surface area contributed by atoms with Crippen molar-refractivity contribution in [3.8, 4) is 0 Å². The Morgan fingerprint density at radius 2 is 2.19 bits per heavy atom. The molecule has 0 bridgehead atoms. The molecule has 1 aromatic heterocycles. The van der Waals surface area contributed by atoms with Crippen LogP contribution in [0.5, 0.6) is 0 Å². The number of nitrogens with two attached hydrogens (primary N) is 1. The van der Waals surface area contributed by atoms with Crippen LogP contribution in [0.2, 0.25) is 5.02 Å². The van der Waals surface area contributed by atoms with Crippen molar-refractivity contribution in [3.63, 3.8) is 0 Å². The van der Waals surface area contributed by atoms with Crippen molar-refractivity contribution in [2.45, 2.75) is 13.5 Å². The van der Waals surface area contributed by atoms with Crippen LogP contribution < -0.4 is 5.73 Å². The van der Waals surface area contributed by atoms with Crippen LogP contribution in [0.3, 0.4) is 0 Å². The Morgan fingerprint density at radius 1 is 1.44 bits per heavy atom. The van der Waals surface area contributed by atoms with Crippen LogP contribution in [0.15, 0.2) is 24.3 Å². The average Bonchev–Trinajstić information content (AvgIpc) is 2.50. The number of benzene rings is 1. The van der Waals surface area contributed by atoms with Crippen molar-refractivity contribution >= 4 is 17.4 Å². The first-order chi connectivity index (χ1) is 7.56. The molecule has 0 unspecified atom stereocenters. The molecule has 0 saturated heterocycles. The Kier molecular flexibility index (Phi) is 2.83. The van der Waals surface area contributed by atoms with E-state index in [1.165, 1.54) is 12.1 Å². The van der Waals surface area contributed by atoms with Gasteiger partial charge in [-0.15, -0.1) is 0 Å². The average molecular weight is 240 g/mol. The Morgan fingerprint density at radius 3 is 2.75 bits per heavy atom. The lowest BCUT2D eigenvalue weighted by Gasteiger charge is -2.06. The normalized spacial score (nSPS) is 10.7. The zero-order chi connectivity index (χ0) is 11.7. The maximum Gasteiger partial charge on any atom is 0.124 e. The lowest BCUT2D eigenvalue weighted by atomic mass is 10.2. The molecule has 0 fully saturated rings. The highest BCUT2D eigenvalue weighted by Gasteiger charge is 2.06. The smallest absolute Gasteiger partial charge is 0.124 e. The van der Waals surface area contributed by atoms with Gasteiger partial charge in [-0.25, -0.2) is 9.07 Å². The topological polar surface area (TPSA) is 43.8 Å². The van der Waals surface area contributed by atoms with Crippen molar-refractivity contribution in [2.75, 3.05) is 5.73 Å². The number of anilines is 1.